The number of hydrogen-bond donors (Lipinski definition) is 1. The second-order valence-corrected chi connectivity index (χ2v) is 5.61. The average Bonchev–Trinajstić information content (AvgIpc) is 2.81. The lowest BCUT2D eigenvalue weighted by molar-refractivity contribution is 0.885. The van der Waals surface area contributed by atoms with Crippen LogP contribution in [0.25, 0.3) is 16.7 Å². The predicted molar refractivity (Wildman–Crippen MR) is 85.2 cm³/mol. The van der Waals surface area contributed by atoms with E-state index in [0.717, 1.165) is 16.6 Å². The van der Waals surface area contributed by atoms with Crippen molar-refractivity contribution in [3.8, 4) is 5.69 Å². The van der Waals surface area contributed by atoms with Gasteiger partial charge in [-0.15, -0.1) is 0 Å². The molecule has 0 amide bonds. The SMILES string of the molecule is Cc1cccc(-n2ncc3c(NC(C)C)nc(Cl)nc32)c1. The number of hydrogen-bond acceptors (Lipinski definition) is 4. The fourth-order valence-corrected chi connectivity index (χ4v) is 2.38. The lowest BCUT2D eigenvalue weighted by Gasteiger charge is -2.10. The van der Waals surface area contributed by atoms with Gasteiger partial charge in [0.15, 0.2) is 5.65 Å². The number of aromatic nitrogens is 4. The van der Waals surface area contributed by atoms with Gasteiger partial charge in [0.1, 0.15) is 5.82 Å². The van der Waals surface area contributed by atoms with E-state index in [4.69, 9.17) is 11.6 Å². The van der Waals surface area contributed by atoms with Gasteiger partial charge in [0, 0.05) is 6.04 Å². The van der Waals surface area contributed by atoms with Crippen LogP contribution in [-0.2, 0) is 0 Å². The van der Waals surface area contributed by atoms with Crippen LogP contribution < -0.4 is 5.32 Å². The normalized spacial score (nSPS) is 11.3. The van der Waals surface area contributed by atoms with E-state index in [0.29, 0.717) is 11.5 Å². The number of benzene rings is 1. The highest BCUT2D eigenvalue weighted by Gasteiger charge is 2.13. The van der Waals surface area contributed by atoms with Gasteiger partial charge in [-0.3, -0.25) is 0 Å². The number of anilines is 1. The summed E-state index contributed by atoms with van der Waals surface area (Å²) in [5, 5.41) is 8.77. The molecule has 3 rings (SSSR count). The van der Waals surface area contributed by atoms with E-state index in [-0.39, 0.29) is 11.3 Å². The molecule has 5 nitrogen and oxygen atoms in total. The minimum absolute atomic E-state index is 0.208. The maximum Gasteiger partial charge on any atom is 0.226 e. The van der Waals surface area contributed by atoms with E-state index in [9.17, 15) is 0 Å². The van der Waals surface area contributed by atoms with Crippen molar-refractivity contribution in [1.82, 2.24) is 19.7 Å². The van der Waals surface area contributed by atoms with E-state index in [2.05, 4.69) is 26.4 Å². The molecule has 0 aliphatic carbocycles. The molecule has 0 atom stereocenters. The summed E-state index contributed by atoms with van der Waals surface area (Å²) in [7, 11) is 0. The van der Waals surface area contributed by atoms with Crippen molar-refractivity contribution in [1.29, 1.82) is 0 Å². The van der Waals surface area contributed by atoms with Crippen molar-refractivity contribution in [3.05, 3.63) is 41.3 Å². The van der Waals surface area contributed by atoms with Gasteiger partial charge in [-0.2, -0.15) is 15.1 Å². The lowest BCUT2D eigenvalue weighted by atomic mass is 10.2. The number of rotatable bonds is 3. The molecule has 0 bridgehead atoms. The van der Waals surface area contributed by atoms with Crippen LogP contribution in [-0.4, -0.2) is 25.8 Å². The summed E-state index contributed by atoms with van der Waals surface area (Å²) in [4.78, 5) is 8.58. The Hall–Kier alpha value is -2.14. The summed E-state index contributed by atoms with van der Waals surface area (Å²) in [6, 6.07) is 8.33. The molecule has 0 aliphatic heterocycles. The third-order valence-electron chi connectivity index (χ3n) is 3.07. The molecule has 2 heterocycles. The molecule has 0 aliphatic rings. The van der Waals surface area contributed by atoms with Crippen LogP contribution in [0.3, 0.4) is 0 Å². The van der Waals surface area contributed by atoms with Gasteiger partial charge < -0.3 is 5.32 Å². The van der Waals surface area contributed by atoms with Crippen molar-refractivity contribution >= 4 is 28.5 Å². The Kier molecular flexibility index (Phi) is 3.51. The summed E-state index contributed by atoms with van der Waals surface area (Å²) in [5.41, 5.74) is 2.82. The Morgan fingerprint density at radius 2 is 2.05 bits per heavy atom. The first-order valence-corrected chi connectivity index (χ1v) is 7.17. The molecule has 1 N–H and O–H groups in total. The molecule has 21 heavy (non-hydrogen) atoms. The van der Waals surface area contributed by atoms with E-state index in [1.807, 2.05) is 39.0 Å². The standard InChI is InChI=1S/C15H16ClN5/c1-9(2)18-13-12-8-17-21(14(12)20-15(16)19-13)11-6-4-5-10(3)7-11/h4-9H,1-3H3,(H,18,19,20). The third-order valence-corrected chi connectivity index (χ3v) is 3.24. The second-order valence-electron chi connectivity index (χ2n) is 5.27. The smallest absolute Gasteiger partial charge is 0.226 e. The fourth-order valence-electron chi connectivity index (χ4n) is 2.21. The van der Waals surface area contributed by atoms with Gasteiger partial charge in [0.05, 0.1) is 17.3 Å². The predicted octanol–water partition coefficient (Wildman–Crippen LogP) is 3.60. The quantitative estimate of drug-likeness (QED) is 0.751. The molecule has 6 heteroatoms. The van der Waals surface area contributed by atoms with Crippen molar-refractivity contribution in [2.45, 2.75) is 26.8 Å². The first kappa shape index (κ1) is 13.8. The Bertz CT molecular complexity index is 794. The molecule has 3 aromatic rings. The van der Waals surface area contributed by atoms with E-state index in [1.165, 1.54) is 0 Å². The largest absolute Gasteiger partial charge is 0.367 e. The van der Waals surface area contributed by atoms with Gasteiger partial charge >= 0.3 is 0 Å². The summed E-state index contributed by atoms with van der Waals surface area (Å²) in [6.45, 7) is 6.14. The monoisotopic (exact) mass is 301 g/mol. The minimum Gasteiger partial charge on any atom is -0.367 e. The molecule has 0 saturated carbocycles. The Labute approximate surface area is 128 Å². The van der Waals surface area contributed by atoms with E-state index < -0.39 is 0 Å². The molecule has 0 unspecified atom stereocenters. The number of nitrogens with zero attached hydrogens (tertiary/aromatic N) is 4. The molecule has 2 aromatic heterocycles. The molecular formula is C15H16ClN5. The number of fused-ring (bicyclic) bond motifs is 1. The Morgan fingerprint density at radius 1 is 1.24 bits per heavy atom. The van der Waals surface area contributed by atoms with Crippen LogP contribution in [0.2, 0.25) is 5.28 Å². The van der Waals surface area contributed by atoms with Crippen molar-refractivity contribution in [2.75, 3.05) is 5.32 Å². The fraction of sp³-hybridized carbons (Fsp3) is 0.267. The summed E-state index contributed by atoms with van der Waals surface area (Å²) >= 11 is 6.05. The molecule has 0 spiro atoms. The zero-order chi connectivity index (χ0) is 15.0. The lowest BCUT2D eigenvalue weighted by Crippen LogP contribution is -2.12. The molecule has 0 fully saturated rings. The van der Waals surface area contributed by atoms with Gasteiger partial charge in [0.2, 0.25) is 5.28 Å². The van der Waals surface area contributed by atoms with E-state index in [1.54, 1.807) is 10.9 Å². The van der Waals surface area contributed by atoms with Crippen LogP contribution in [0, 0.1) is 6.92 Å². The molecule has 1 aromatic carbocycles. The number of halogens is 1. The maximum absolute atomic E-state index is 6.05. The van der Waals surface area contributed by atoms with Gasteiger partial charge in [-0.05, 0) is 50.1 Å². The second kappa shape index (κ2) is 5.33. The topological polar surface area (TPSA) is 55.6 Å². The summed E-state index contributed by atoms with van der Waals surface area (Å²) < 4.78 is 1.78. The van der Waals surface area contributed by atoms with Crippen molar-refractivity contribution < 1.29 is 0 Å². The minimum atomic E-state index is 0.208. The van der Waals surface area contributed by atoms with Crippen LogP contribution in [0.4, 0.5) is 5.82 Å². The van der Waals surface area contributed by atoms with Crippen molar-refractivity contribution in [2.24, 2.45) is 0 Å². The highest BCUT2D eigenvalue weighted by atomic mass is 35.5. The van der Waals surface area contributed by atoms with Crippen molar-refractivity contribution in [3.63, 3.8) is 0 Å². The first-order valence-electron chi connectivity index (χ1n) is 6.79. The van der Waals surface area contributed by atoms with E-state index >= 15 is 0 Å². The maximum atomic E-state index is 6.05. The van der Waals surface area contributed by atoms with Crippen LogP contribution >= 0.6 is 11.6 Å². The van der Waals surface area contributed by atoms with Crippen LogP contribution in [0.1, 0.15) is 19.4 Å². The molecular weight excluding hydrogens is 286 g/mol. The summed E-state index contributed by atoms with van der Waals surface area (Å²) in [5.74, 6) is 0.707. The van der Waals surface area contributed by atoms with Crippen LogP contribution in [0.5, 0.6) is 0 Å². The zero-order valence-corrected chi connectivity index (χ0v) is 12.9. The average molecular weight is 302 g/mol. The molecule has 108 valence electrons. The van der Waals surface area contributed by atoms with Gasteiger partial charge in [0.25, 0.3) is 0 Å². The first-order chi connectivity index (χ1) is 10.0. The third kappa shape index (κ3) is 2.69. The van der Waals surface area contributed by atoms with Gasteiger partial charge in [-0.25, -0.2) is 4.68 Å². The Morgan fingerprint density at radius 3 is 2.76 bits per heavy atom. The van der Waals surface area contributed by atoms with Gasteiger partial charge in [-0.1, -0.05) is 12.1 Å². The Balaban J connectivity index is 2.20. The zero-order valence-electron chi connectivity index (χ0n) is 12.1. The number of nitrogens with one attached hydrogen (secondary N) is 1. The number of aryl methyl sites for hydroxylation is 1. The highest BCUT2D eigenvalue weighted by Crippen LogP contribution is 2.24. The van der Waals surface area contributed by atoms with Crippen LogP contribution in [0.15, 0.2) is 30.5 Å². The summed E-state index contributed by atoms with van der Waals surface area (Å²) in [6.07, 6.45) is 1.76. The molecule has 0 saturated heterocycles. The molecule has 0 radical (unpaired) electrons. The highest BCUT2D eigenvalue weighted by molar-refractivity contribution is 6.28.